The third kappa shape index (κ3) is 2.92. The molecule has 0 heterocycles. The molecule has 88 valence electrons. The van der Waals surface area contributed by atoms with Gasteiger partial charge < -0.3 is 9.47 Å². The van der Waals surface area contributed by atoms with Crippen LogP contribution < -0.4 is 9.47 Å². The number of aldehydes is 1. The number of hydrogen-bond acceptors (Lipinski definition) is 4. The lowest BCUT2D eigenvalue weighted by Crippen LogP contribution is -1.96. The van der Waals surface area contributed by atoms with Crippen molar-refractivity contribution in [2.45, 2.75) is 24.0 Å². The first-order valence-corrected chi connectivity index (χ1v) is 5.88. The van der Waals surface area contributed by atoms with Crippen LogP contribution in [0.4, 0.5) is 0 Å². The van der Waals surface area contributed by atoms with E-state index in [1.54, 1.807) is 32.0 Å². The lowest BCUT2D eigenvalue weighted by Gasteiger charge is -2.13. The SMILES string of the molecule is COc1cc(SC(C)C)c(OC)cc1C=O. The van der Waals surface area contributed by atoms with Crippen molar-refractivity contribution >= 4 is 18.0 Å². The molecule has 3 nitrogen and oxygen atoms in total. The predicted molar refractivity (Wildman–Crippen MR) is 65.9 cm³/mol. The van der Waals surface area contributed by atoms with E-state index >= 15 is 0 Å². The van der Waals surface area contributed by atoms with Gasteiger partial charge in [0.05, 0.1) is 24.7 Å². The van der Waals surface area contributed by atoms with E-state index in [0.717, 1.165) is 11.2 Å². The molecule has 1 aromatic rings. The molecule has 0 aromatic heterocycles. The van der Waals surface area contributed by atoms with Crippen LogP contribution in [0.1, 0.15) is 24.2 Å². The van der Waals surface area contributed by atoms with Crippen LogP contribution in [0.2, 0.25) is 0 Å². The highest BCUT2D eigenvalue weighted by Crippen LogP contribution is 2.36. The molecular formula is C12H16O3S. The molecule has 1 rings (SSSR count). The Hall–Kier alpha value is -1.16. The number of thioether (sulfide) groups is 1. The van der Waals surface area contributed by atoms with Crippen LogP contribution >= 0.6 is 11.8 Å². The Kier molecular flexibility index (Phi) is 4.68. The van der Waals surface area contributed by atoms with E-state index in [-0.39, 0.29) is 0 Å². The second kappa shape index (κ2) is 5.80. The topological polar surface area (TPSA) is 35.5 Å². The second-order valence-corrected chi connectivity index (χ2v) is 5.15. The van der Waals surface area contributed by atoms with Gasteiger partial charge in [-0.15, -0.1) is 11.8 Å². The molecule has 0 saturated carbocycles. The normalized spacial score (nSPS) is 10.3. The first-order valence-electron chi connectivity index (χ1n) is 5.00. The molecule has 4 heteroatoms. The van der Waals surface area contributed by atoms with Crippen molar-refractivity contribution in [1.29, 1.82) is 0 Å². The standard InChI is InChI=1S/C12H16O3S/c1-8(2)16-12-6-10(14-3)9(7-13)5-11(12)15-4/h5-8H,1-4H3. The minimum atomic E-state index is 0.445. The molecule has 0 fully saturated rings. The first-order chi connectivity index (χ1) is 7.62. The number of hydrogen-bond donors (Lipinski definition) is 0. The van der Waals surface area contributed by atoms with E-state index in [1.807, 2.05) is 6.07 Å². The van der Waals surface area contributed by atoms with Crippen molar-refractivity contribution in [1.82, 2.24) is 0 Å². The maximum atomic E-state index is 10.8. The molecule has 0 radical (unpaired) electrons. The highest BCUT2D eigenvalue weighted by atomic mass is 32.2. The van der Waals surface area contributed by atoms with Gasteiger partial charge in [-0.05, 0) is 12.1 Å². The summed E-state index contributed by atoms with van der Waals surface area (Å²) in [6.07, 6.45) is 0.769. The summed E-state index contributed by atoms with van der Waals surface area (Å²) < 4.78 is 10.4. The molecule has 0 bridgehead atoms. The molecule has 0 aliphatic rings. The van der Waals surface area contributed by atoms with Crippen molar-refractivity contribution in [2.75, 3.05) is 14.2 Å². The van der Waals surface area contributed by atoms with Crippen molar-refractivity contribution in [3.8, 4) is 11.5 Å². The molecular weight excluding hydrogens is 224 g/mol. The predicted octanol–water partition coefficient (Wildman–Crippen LogP) is 3.02. The average molecular weight is 240 g/mol. The summed E-state index contributed by atoms with van der Waals surface area (Å²) in [4.78, 5) is 11.8. The highest BCUT2D eigenvalue weighted by molar-refractivity contribution is 8.00. The summed E-state index contributed by atoms with van der Waals surface area (Å²) in [6.45, 7) is 4.20. The van der Waals surface area contributed by atoms with Crippen LogP contribution in [0, 0.1) is 0 Å². The fourth-order valence-corrected chi connectivity index (χ4v) is 2.27. The van der Waals surface area contributed by atoms with Crippen LogP contribution in [-0.2, 0) is 0 Å². The van der Waals surface area contributed by atoms with Gasteiger partial charge in [0.1, 0.15) is 11.5 Å². The molecule has 1 aromatic carbocycles. The van der Waals surface area contributed by atoms with Crippen molar-refractivity contribution in [3.05, 3.63) is 17.7 Å². The van der Waals surface area contributed by atoms with E-state index in [2.05, 4.69) is 13.8 Å². The maximum Gasteiger partial charge on any atom is 0.153 e. The molecule has 0 aliphatic heterocycles. The summed E-state index contributed by atoms with van der Waals surface area (Å²) in [7, 11) is 3.15. The molecule has 0 amide bonds. The Labute approximate surface area is 100 Å². The van der Waals surface area contributed by atoms with Crippen LogP contribution in [0.5, 0.6) is 11.5 Å². The van der Waals surface area contributed by atoms with Crippen LogP contribution in [0.15, 0.2) is 17.0 Å². The van der Waals surface area contributed by atoms with Crippen molar-refractivity contribution in [3.63, 3.8) is 0 Å². The largest absolute Gasteiger partial charge is 0.496 e. The van der Waals surface area contributed by atoms with E-state index in [1.165, 1.54) is 0 Å². The molecule has 0 aliphatic carbocycles. The average Bonchev–Trinajstić information content (AvgIpc) is 2.27. The number of carbonyl (C=O) groups is 1. The molecule has 16 heavy (non-hydrogen) atoms. The number of benzene rings is 1. The monoisotopic (exact) mass is 240 g/mol. The Morgan fingerprint density at radius 1 is 1.19 bits per heavy atom. The van der Waals surface area contributed by atoms with Gasteiger partial charge in [0.25, 0.3) is 0 Å². The Balaban J connectivity index is 3.20. The number of ether oxygens (including phenoxy) is 2. The quantitative estimate of drug-likeness (QED) is 0.585. The van der Waals surface area contributed by atoms with E-state index in [4.69, 9.17) is 9.47 Å². The zero-order valence-electron chi connectivity index (χ0n) is 9.94. The van der Waals surface area contributed by atoms with E-state index in [9.17, 15) is 4.79 Å². The first kappa shape index (κ1) is 12.9. The van der Waals surface area contributed by atoms with E-state index in [0.29, 0.717) is 22.3 Å². The molecule has 0 N–H and O–H groups in total. The van der Waals surface area contributed by atoms with E-state index < -0.39 is 0 Å². The number of methoxy groups -OCH3 is 2. The number of carbonyl (C=O) groups excluding carboxylic acids is 1. The molecule has 0 unspecified atom stereocenters. The highest BCUT2D eigenvalue weighted by Gasteiger charge is 2.12. The Morgan fingerprint density at radius 2 is 1.81 bits per heavy atom. The Bertz CT molecular complexity index is 375. The summed E-state index contributed by atoms with van der Waals surface area (Å²) in [5.74, 6) is 1.29. The summed E-state index contributed by atoms with van der Waals surface area (Å²) >= 11 is 1.68. The minimum absolute atomic E-state index is 0.445. The van der Waals surface area contributed by atoms with Crippen molar-refractivity contribution < 1.29 is 14.3 Å². The van der Waals surface area contributed by atoms with Gasteiger partial charge in [0, 0.05) is 5.25 Å². The molecule has 0 atom stereocenters. The molecule has 0 saturated heterocycles. The molecule has 0 spiro atoms. The second-order valence-electron chi connectivity index (χ2n) is 3.53. The van der Waals surface area contributed by atoms with Crippen LogP contribution in [0.25, 0.3) is 0 Å². The summed E-state index contributed by atoms with van der Waals surface area (Å²) in [5.41, 5.74) is 0.507. The Morgan fingerprint density at radius 3 is 2.25 bits per heavy atom. The third-order valence-electron chi connectivity index (χ3n) is 2.01. The number of rotatable bonds is 5. The fraction of sp³-hybridized carbons (Fsp3) is 0.417. The lowest BCUT2D eigenvalue weighted by molar-refractivity contribution is 0.112. The van der Waals surface area contributed by atoms with Gasteiger partial charge in [0.2, 0.25) is 0 Å². The van der Waals surface area contributed by atoms with Gasteiger partial charge in [0.15, 0.2) is 6.29 Å². The fourth-order valence-electron chi connectivity index (χ4n) is 1.33. The van der Waals surface area contributed by atoms with Gasteiger partial charge in [-0.3, -0.25) is 4.79 Å². The lowest BCUT2D eigenvalue weighted by atomic mass is 10.2. The van der Waals surface area contributed by atoms with Crippen LogP contribution in [-0.4, -0.2) is 25.8 Å². The van der Waals surface area contributed by atoms with Crippen LogP contribution in [0.3, 0.4) is 0 Å². The summed E-state index contributed by atoms with van der Waals surface area (Å²) in [5, 5.41) is 0.445. The minimum Gasteiger partial charge on any atom is -0.496 e. The maximum absolute atomic E-state index is 10.8. The van der Waals surface area contributed by atoms with Gasteiger partial charge >= 0.3 is 0 Å². The smallest absolute Gasteiger partial charge is 0.153 e. The van der Waals surface area contributed by atoms with Gasteiger partial charge in [-0.25, -0.2) is 0 Å². The third-order valence-corrected chi connectivity index (χ3v) is 3.05. The van der Waals surface area contributed by atoms with Crippen molar-refractivity contribution in [2.24, 2.45) is 0 Å². The summed E-state index contributed by atoms with van der Waals surface area (Å²) in [6, 6.07) is 3.55. The zero-order valence-corrected chi connectivity index (χ0v) is 10.8. The van der Waals surface area contributed by atoms with Gasteiger partial charge in [-0.2, -0.15) is 0 Å². The van der Waals surface area contributed by atoms with Gasteiger partial charge in [-0.1, -0.05) is 13.8 Å². The zero-order chi connectivity index (χ0) is 12.1.